The van der Waals surface area contributed by atoms with Crippen LogP contribution in [0.1, 0.15) is 24.1 Å². The van der Waals surface area contributed by atoms with E-state index in [1.165, 1.54) is 11.3 Å². The molecule has 2 aromatic carbocycles. The number of rotatable bonds is 4. The number of carbonyl (C=O) groups is 1. The van der Waals surface area contributed by atoms with Crippen molar-refractivity contribution in [1.82, 2.24) is 9.55 Å². The molecule has 5 rings (SSSR count). The lowest BCUT2D eigenvalue weighted by molar-refractivity contribution is -0.113. The van der Waals surface area contributed by atoms with Gasteiger partial charge in [0.15, 0.2) is 4.80 Å². The van der Waals surface area contributed by atoms with Gasteiger partial charge in [-0.15, -0.1) is 0 Å². The summed E-state index contributed by atoms with van der Waals surface area (Å²) in [4.78, 5) is 36.3. The molecular formula is C26H19ClN4O2S. The molecule has 2 aromatic heterocycles. The summed E-state index contributed by atoms with van der Waals surface area (Å²) in [6.45, 7) is 1.79. The van der Waals surface area contributed by atoms with Crippen LogP contribution in [-0.2, 0) is 4.79 Å². The SMILES string of the molecule is CC1=C(C(=O)Nc2ccccc2)C(c2ccc(Cl)cc2)n2c(s/c(=C\c3ccncc3)c2=O)=N1. The van der Waals surface area contributed by atoms with Gasteiger partial charge in [0, 0.05) is 23.1 Å². The number of hydrogen-bond donors (Lipinski definition) is 1. The third-order valence-corrected chi connectivity index (χ3v) is 6.72. The molecule has 0 saturated carbocycles. The van der Waals surface area contributed by atoms with Crippen LogP contribution in [0.2, 0.25) is 5.02 Å². The zero-order valence-corrected chi connectivity index (χ0v) is 19.7. The molecule has 0 bridgehead atoms. The summed E-state index contributed by atoms with van der Waals surface area (Å²) in [5.74, 6) is -0.309. The Hall–Kier alpha value is -3.81. The summed E-state index contributed by atoms with van der Waals surface area (Å²) < 4.78 is 2.12. The first-order valence-electron chi connectivity index (χ1n) is 10.6. The van der Waals surface area contributed by atoms with Crippen LogP contribution in [0.4, 0.5) is 5.69 Å². The average molecular weight is 487 g/mol. The zero-order valence-electron chi connectivity index (χ0n) is 18.1. The van der Waals surface area contributed by atoms with Gasteiger partial charge >= 0.3 is 0 Å². The van der Waals surface area contributed by atoms with Gasteiger partial charge in [-0.2, -0.15) is 0 Å². The predicted molar refractivity (Wildman–Crippen MR) is 135 cm³/mol. The Kier molecular flexibility index (Phi) is 5.96. The lowest BCUT2D eigenvalue weighted by atomic mass is 9.95. The first-order chi connectivity index (χ1) is 16.5. The molecule has 1 unspecified atom stereocenters. The monoisotopic (exact) mass is 486 g/mol. The van der Waals surface area contributed by atoms with Gasteiger partial charge in [0.05, 0.1) is 21.8 Å². The standard InChI is InChI=1S/C26H19ClN4O2S/c1-16-22(24(32)30-20-5-3-2-4-6-20)23(18-7-9-19(27)10-8-18)31-25(33)21(34-26(31)29-16)15-17-11-13-28-14-12-17/h2-15,23H,1H3,(H,30,32)/b21-15-. The normalized spacial score (nSPS) is 15.6. The van der Waals surface area contributed by atoms with Crippen molar-refractivity contribution in [2.24, 2.45) is 4.99 Å². The molecule has 6 nitrogen and oxygen atoms in total. The molecular weight excluding hydrogens is 468 g/mol. The molecule has 4 aromatic rings. The second kappa shape index (κ2) is 9.21. The first-order valence-corrected chi connectivity index (χ1v) is 11.7. The summed E-state index contributed by atoms with van der Waals surface area (Å²) in [6.07, 6.45) is 5.17. The molecule has 0 radical (unpaired) electrons. The number of pyridine rings is 1. The van der Waals surface area contributed by atoms with Gasteiger partial charge in [0.25, 0.3) is 11.5 Å². The van der Waals surface area contributed by atoms with E-state index in [1.807, 2.05) is 60.7 Å². The number of thiazole rings is 1. The minimum absolute atomic E-state index is 0.210. The number of halogens is 1. The van der Waals surface area contributed by atoms with E-state index in [9.17, 15) is 9.59 Å². The molecule has 168 valence electrons. The molecule has 0 spiro atoms. The van der Waals surface area contributed by atoms with Crippen molar-refractivity contribution in [2.75, 3.05) is 5.32 Å². The van der Waals surface area contributed by atoms with Crippen molar-refractivity contribution < 1.29 is 4.79 Å². The topological polar surface area (TPSA) is 76.3 Å². The quantitative estimate of drug-likeness (QED) is 0.475. The summed E-state index contributed by atoms with van der Waals surface area (Å²) in [5, 5.41) is 3.51. The second-order valence-electron chi connectivity index (χ2n) is 7.73. The number of anilines is 1. The van der Waals surface area contributed by atoms with Crippen molar-refractivity contribution in [2.45, 2.75) is 13.0 Å². The molecule has 34 heavy (non-hydrogen) atoms. The maximum absolute atomic E-state index is 13.6. The highest BCUT2D eigenvalue weighted by Gasteiger charge is 2.32. The van der Waals surface area contributed by atoms with E-state index in [-0.39, 0.29) is 11.5 Å². The van der Waals surface area contributed by atoms with Crippen LogP contribution in [0.3, 0.4) is 0 Å². The fraction of sp³-hybridized carbons (Fsp3) is 0.0769. The van der Waals surface area contributed by atoms with E-state index in [4.69, 9.17) is 11.6 Å². The molecule has 1 aliphatic rings. The van der Waals surface area contributed by atoms with E-state index in [0.717, 1.165) is 11.1 Å². The first kappa shape index (κ1) is 22.0. The molecule has 1 atom stereocenters. The number of fused-ring (bicyclic) bond motifs is 1. The molecule has 0 fully saturated rings. The number of para-hydroxylation sites is 1. The summed E-state index contributed by atoms with van der Waals surface area (Å²) in [5.41, 5.74) is 3.06. The van der Waals surface area contributed by atoms with Crippen LogP contribution in [0.15, 0.2) is 100 Å². The van der Waals surface area contributed by atoms with Gasteiger partial charge < -0.3 is 5.32 Å². The minimum Gasteiger partial charge on any atom is -0.322 e. The zero-order chi connectivity index (χ0) is 23.7. The molecule has 1 amide bonds. The van der Waals surface area contributed by atoms with Crippen LogP contribution in [0, 0.1) is 0 Å². The maximum Gasteiger partial charge on any atom is 0.271 e. The summed E-state index contributed by atoms with van der Waals surface area (Å²) in [7, 11) is 0. The van der Waals surface area contributed by atoms with Gasteiger partial charge in [0.2, 0.25) is 0 Å². The Bertz CT molecular complexity index is 1570. The Labute approximate surface area is 204 Å². The number of allylic oxidation sites excluding steroid dienone is 1. The molecule has 8 heteroatoms. The van der Waals surface area contributed by atoms with Gasteiger partial charge in [-0.25, -0.2) is 4.99 Å². The van der Waals surface area contributed by atoms with Crippen molar-refractivity contribution in [3.8, 4) is 0 Å². The number of benzene rings is 2. The summed E-state index contributed by atoms with van der Waals surface area (Å²) in [6, 6.07) is 19.4. The summed E-state index contributed by atoms with van der Waals surface area (Å²) >= 11 is 7.42. The smallest absolute Gasteiger partial charge is 0.271 e. The number of hydrogen-bond acceptors (Lipinski definition) is 5. The van der Waals surface area contributed by atoms with Crippen LogP contribution in [-0.4, -0.2) is 15.5 Å². The average Bonchev–Trinajstić information content (AvgIpc) is 3.14. The number of aromatic nitrogens is 2. The Morgan fingerprint density at radius 1 is 1.06 bits per heavy atom. The van der Waals surface area contributed by atoms with E-state index in [2.05, 4.69) is 15.3 Å². The van der Waals surface area contributed by atoms with Gasteiger partial charge in [-0.3, -0.25) is 19.1 Å². The molecule has 0 saturated heterocycles. The Balaban J connectivity index is 1.68. The fourth-order valence-electron chi connectivity index (χ4n) is 3.90. The molecule has 1 aliphatic heterocycles. The Morgan fingerprint density at radius 2 is 1.76 bits per heavy atom. The second-order valence-corrected chi connectivity index (χ2v) is 9.18. The fourth-order valence-corrected chi connectivity index (χ4v) is 5.08. The van der Waals surface area contributed by atoms with E-state index >= 15 is 0 Å². The lowest BCUT2D eigenvalue weighted by Gasteiger charge is -2.25. The number of carbonyl (C=O) groups excluding carboxylic acids is 1. The number of nitrogens with zero attached hydrogens (tertiary/aromatic N) is 3. The van der Waals surface area contributed by atoms with Crippen molar-refractivity contribution >= 4 is 40.6 Å². The molecule has 3 heterocycles. The maximum atomic E-state index is 13.6. The van der Waals surface area contributed by atoms with Gasteiger partial charge in [-0.05, 0) is 60.5 Å². The van der Waals surface area contributed by atoms with E-state index in [0.29, 0.717) is 31.3 Å². The largest absolute Gasteiger partial charge is 0.322 e. The highest BCUT2D eigenvalue weighted by molar-refractivity contribution is 7.07. The predicted octanol–water partition coefficient (Wildman–Crippen LogP) is 3.92. The lowest BCUT2D eigenvalue weighted by Crippen LogP contribution is -2.40. The van der Waals surface area contributed by atoms with E-state index < -0.39 is 6.04 Å². The van der Waals surface area contributed by atoms with Gasteiger partial charge in [-0.1, -0.05) is 53.3 Å². The third kappa shape index (κ3) is 4.23. The van der Waals surface area contributed by atoms with Crippen molar-refractivity contribution in [3.05, 3.63) is 126 Å². The van der Waals surface area contributed by atoms with Crippen molar-refractivity contribution in [1.29, 1.82) is 0 Å². The third-order valence-electron chi connectivity index (χ3n) is 5.49. The van der Waals surface area contributed by atoms with Gasteiger partial charge in [0.1, 0.15) is 0 Å². The highest BCUT2D eigenvalue weighted by Crippen LogP contribution is 2.31. The molecule has 0 aliphatic carbocycles. The number of nitrogens with one attached hydrogen (secondary N) is 1. The van der Waals surface area contributed by atoms with Crippen LogP contribution in [0.25, 0.3) is 6.08 Å². The van der Waals surface area contributed by atoms with E-state index in [1.54, 1.807) is 36.0 Å². The minimum atomic E-state index is -0.642. The van der Waals surface area contributed by atoms with Crippen molar-refractivity contribution in [3.63, 3.8) is 0 Å². The Morgan fingerprint density at radius 3 is 2.47 bits per heavy atom. The highest BCUT2D eigenvalue weighted by atomic mass is 35.5. The van der Waals surface area contributed by atoms with Crippen LogP contribution in [0.5, 0.6) is 0 Å². The molecule has 1 N–H and O–H groups in total. The number of amides is 1. The van der Waals surface area contributed by atoms with Crippen LogP contribution >= 0.6 is 22.9 Å². The van der Waals surface area contributed by atoms with Crippen LogP contribution < -0.4 is 20.2 Å².